The highest BCUT2D eigenvalue weighted by Crippen LogP contribution is 2.57. The summed E-state index contributed by atoms with van der Waals surface area (Å²) < 4.78 is 0. The van der Waals surface area contributed by atoms with E-state index < -0.39 is 53.3 Å². The van der Waals surface area contributed by atoms with Gasteiger partial charge in [0, 0.05) is 11.1 Å². The van der Waals surface area contributed by atoms with Crippen LogP contribution in [-0.4, -0.2) is 34.7 Å². The number of nitrogens with zero attached hydrogens (tertiary/aromatic N) is 2. The molecule has 4 atom stereocenters. The maximum Gasteiger partial charge on any atom is 0.335 e. The van der Waals surface area contributed by atoms with Crippen molar-refractivity contribution in [2.45, 2.75) is 0 Å². The fourth-order valence-corrected chi connectivity index (χ4v) is 4.98. The number of hydrogen-bond acceptors (Lipinski definition) is 5. The number of terminal acetylenes is 2. The van der Waals surface area contributed by atoms with Gasteiger partial charge in [0.25, 0.3) is 0 Å². The van der Waals surface area contributed by atoms with Crippen molar-refractivity contribution in [3.8, 4) is 24.7 Å². The molecule has 4 amide bonds. The summed E-state index contributed by atoms with van der Waals surface area (Å²) in [6.45, 7) is 0. The van der Waals surface area contributed by atoms with Gasteiger partial charge in [-0.25, -0.2) is 14.6 Å². The van der Waals surface area contributed by atoms with Crippen molar-refractivity contribution in [3.05, 3.63) is 59.2 Å². The molecule has 8 heteroatoms. The highest BCUT2D eigenvalue weighted by Gasteiger charge is 2.73. The van der Waals surface area contributed by atoms with E-state index in [1.54, 1.807) is 18.2 Å². The van der Waals surface area contributed by atoms with Crippen molar-refractivity contribution >= 4 is 41.0 Å². The van der Waals surface area contributed by atoms with Crippen LogP contribution in [0.15, 0.2) is 42.5 Å². The zero-order chi connectivity index (χ0) is 23.6. The van der Waals surface area contributed by atoms with Crippen LogP contribution >= 0.6 is 0 Å². The molecule has 2 aromatic rings. The zero-order valence-corrected chi connectivity index (χ0v) is 16.9. The number of carboxylic acids is 1. The van der Waals surface area contributed by atoms with Crippen LogP contribution in [0.2, 0.25) is 0 Å². The third kappa shape index (κ3) is 2.65. The van der Waals surface area contributed by atoms with Crippen LogP contribution in [0.1, 0.15) is 21.5 Å². The van der Waals surface area contributed by atoms with Crippen molar-refractivity contribution in [1.82, 2.24) is 0 Å². The lowest BCUT2D eigenvalue weighted by Crippen LogP contribution is -2.50. The Hall–Kier alpha value is -4.69. The van der Waals surface area contributed by atoms with E-state index in [9.17, 15) is 29.1 Å². The van der Waals surface area contributed by atoms with Gasteiger partial charge in [0.15, 0.2) is 0 Å². The fraction of sp³-hybridized carbons (Fsp3) is 0.160. The van der Waals surface area contributed by atoms with E-state index in [-0.39, 0.29) is 22.5 Å². The highest BCUT2D eigenvalue weighted by atomic mass is 16.4. The topological polar surface area (TPSA) is 112 Å². The minimum atomic E-state index is -1.28. The lowest BCUT2D eigenvalue weighted by atomic mass is 9.59. The Labute approximate surface area is 187 Å². The number of carboxylic acid groups (broad SMARTS) is 1. The van der Waals surface area contributed by atoms with Crippen molar-refractivity contribution in [3.63, 3.8) is 0 Å². The largest absolute Gasteiger partial charge is 0.478 e. The molecule has 2 saturated heterocycles. The molecule has 0 bridgehead atoms. The first kappa shape index (κ1) is 20.2. The Balaban J connectivity index is 1.51. The first-order valence-electron chi connectivity index (χ1n) is 9.95. The summed E-state index contributed by atoms with van der Waals surface area (Å²) in [5, 5.41) is 9.33. The molecule has 0 spiro atoms. The number of carbonyl (C=O) groups is 5. The number of aromatic carboxylic acids is 1. The standard InChI is InChI=1S/C25H14N2O6/c1-3-12-6-5-7-15(9-12)26-21(28)17-18(22(26)29)20-19(17)23(30)27(24(20)31)16-10-13(4-2)8-14(11-16)25(32)33/h1-2,5-11,17-20H,(H,32,33). The normalized spacial score (nSPS) is 25.3. The molecule has 5 rings (SSSR count). The van der Waals surface area contributed by atoms with E-state index in [0.29, 0.717) is 5.56 Å². The Morgan fingerprint density at radius 1 is 0.727 bits per heavy atom. The Bertz CT molecular complexity index is 1350. The zero-order valence-electron chi connectivity index (χ0n) is 16.9. The van der Waals surface area contributed by atoms with Gasteiger partial charge in [-0.05, 0) is 36.4 Å². The molecule has 33 heavy (non-hydrogen) atoms. The SMILES string of the molecule is C#Cc1cccc(N2C(=O)C3C(C2=O)C2C(=O)N(c4cc(C#C)cc(C(=O)O)c4)C(=O)C32)c1. The number of benzene rings is 2. The molecule has 0 aromatic heterocycles. The smallest absolute Gasteiger partial charge is 0.335 e. The first-order valence-corrected chi connectivity index (χ1v) is 9.95. The number of rotatable bonds is 3. The van der Waals surface area contributed by atoms with Gasteiger partial charge in [0.1, 0.15) is 0 Å². The maximum atomic E-state index is 13.2. The van der Waals surface area contributed by atoms with E-state index in [2.05, 4.69) is 11.8 Å². The maximum absolute atomic E-state index is 13.2. The Kier molecular flexibility index (Phi) is 4.23. The summed E-state index contributed by atoms with van der Waals surface area (Å²) in [5.74, 6) is -2.90. The summed E-state index contributed by atoms with van der Waals surface area (Å²) in [6, 6.07) is 10.1. The van der Waals surface area contributed by atoms with Gasteiger partial charge in [-0.15, -0.1) is 12.8 Å². The molecule has 2 aliphatic heterocycles. The van der Waals surface area contributed by atoms with Gasteiger partial charge in [0.2, 0.25) is 23.6 Å². The van der Waals surface area contributed by atoms with Gasteiger partial charge >= 0.3 is 5.97 Å². The van der Waals surface area contributed by atoms with E-state index in [4.69, 9.17) is 12.8 Å². The quantitative estimate of drug-likeness (QED) is 0.571. The monoisotopic (exact) mass is 438 g/mol. The number of hydrogen-bond donors (Lipinski definition) is 1. The average Bonchev–Trinajstić information content (AvgIpc) is 3.11. The van der Waals surface area contributed by atoms with Crippen LogP contribution in [0, 0.1) is 48.4 Å². The summed E-state index contributed by atoms with van der Waals surface area (Å²) in [6.07, 6.45) is 10.8. The Morgan fingerprint density at radius 3 is 1.70 bits per heavy atom. The Morgan fingerprint density at radius 2 is 1.21 bits per heavy atom. The number of imide groups is 2. The number of carbonyl (C=O) groups excluding carboxylic acids is 4. The van der Waals surface area contributed by atoms with Crippen LogP contribution < -0.4 is 9.80 Å². The molecule has 2 aromatic carbocycles. The van der Waals surface area contributed by atoms with Crippen molar-refractivity contribution < 1.29 is 29.1 Å². The average molecular weight is 438 g/mol. The summed E-state index contributed by atoms with van der Waals surface area (Å²) in [7, 11) is 0. The van der Waals surface area contributed by atoms with E-state index in [0.717, 1.165) is 9.80 Å². The van der Waals surface area contributed by atoms with Crippen LogP contribution in [0.25, 0.3) is 0 Å². The van der Waals surface area contributed by atoms with E-state index in [1.165, 1.54) is 24.3 Å². The number of anilines is 2. The molecule has 8 nitrogen and oxygen atoms in total. The second-order valence-electron chi connectivity index (χ2n) is 8.04. The number of amides is 4. The molecular weight excluding hydrogens is 424 g/mol. The van der Waals surface area contributed by atoms with Gasteiger partial charge in [-0.2, -0.15) is 0 Å². The van der Waals surface area contributed by atoms with Crippen LogP contribution in [0.5, 0.6) is 0 Å². The second kappa shape index (κ2) is 6.91. The fourth-order valence-electron chi connectivity index (χ4n) is 4.98. The molecule has 3 aliphatic rings. The highest BCUT2D eigenvalue weighted by molar-refractivity contribution is 6.32. The van der Waals surface area contributed by atoms with Gasteiger partial charge in [-0.1, -0.05) is 17.9 Å². The van der Waals surface area contributed by atoms with E-state index in [1.807, 2.05) is 0 Å². The lowest BCUT2D eigenvalue weighted by Gasteiger charge is -2.36. The third-order valence-electron chi connectivity index (χ3n) is 6.43. The molecule has 160 valence electrons. The molecule has 1 aliphatic carbocycles. The summed E-state index contributed by atoms with van der Waals surface area (Å²) in [4.78, 5) is 65.9. The minimum absolute atomic E-state index is 0.00352. The molecular formula is C25H14N2O6. The van der Waals surface area contributed by atoms with Crippen molar-refractivity contribution in [1.29, 1.82) is 0 Å². The number of fused-ring (bicyclic) bond motifs is 4. The first-order chi connectivity index (χ1) is 15.8. The predicted octanol–water partition coefficient (Wildman–Crippen LogP) is 1.27. The molecule has 1 N–H and O–H groups in total. The molecule has 4 unspecified atom stereocenters. The summed E-state index contributed by atoms with van der Waals surface area (Å²) in [5.41, 5.74) is 0.763. The third-order valence-corrected chi connectivity index (χ3v) is 6.43. The second-order valence-corrected chi connectivity index (χ2v) is 8.04. The molecule has 2 heterocycles. The van der Waals surface area contributed by atoms with Crippen LogP contribution in [0.4, 0.5) is 11.4 Å². The van der Waals surface area contributed by atoms with Crippen molar-refractivity contribution in [2.24, 2.45) is 23.7 Å². The van der Waals surface area contributed by atoms with Gasteiger partial charge in [-0.3, -0.25) is 19.2 Å². The molecule has 3 fully saturated rings. The van der Waals surface area contributed by atoms with Gasteiger partial charge in [0.05, 0.1) is 40.6 Å². The minimum Gasteiger partial charge on any atom is -0.478 e. The lowest BCUT2D eigenvalue weighted by molar-refractivity contribution is -0.146. The van der Waals surface area contributed by atoms with E-state index >= 15 is 0 Å². The van der Waals surface area contributed by atoms with Gasteiger partial charge < -0.3 is 5.11 Å². The van der Waals surface area contributed by atoms with Crippen molar-refractivity contribution in [2.75, 3.05) is 9.80 Å². The van der Waals surface area contributed by atoms with Crippen LogP contribution in [-0.2, 0) is 19.2 Å². The van der Waals surface area contributed by atoms with Crippen LogP contribution in [0.3, 0.4) is 0 Å². The predicted molar refractivity (Wildman–Crippen MR) is 115 cm³/mol. The molecule has 0 radical (unpaired) electrons. The summed E-state index contributed by atoms with van der Waals surface area (Å²) >= 11 is 0. The molecule has 1 saturated carbocycles.